The van der Waals surface area contributed by atoms with Gasteiger partial charge in [-0.1, -0.05) is 35.0 Å². The number of anilines is 1. The zero-order valence-electron chi connectivity index (χ0n) is 12.5. The molecule has 5 nitrogen and oxygen atoms in total. The predicted molar refractivity (Wildman–Crippen MR) is 91.0 cm³/mol. The maximum atomic E-state index is 12.0. The van der Waals surface area contributed by atoms with E-state index in [1.807, 2.05) is 19.1 Å². The molecule has 0 saturated heterocycles. The quantitative estimate of drug-likeness (QED) is 0.803. The lowest BCUT2D eigenvalue weighted by Gasteiger charge is -2.12. The second kappa shape index (κ2) is 7.78. The summed E-state index contributed by atoms with van der Waals surface area (Å²) in [5.74, 6) is -0.871. The molecule has 0 aliphatic carbocycles. The highest BCUT2D eigenvalue weighted by molar-refractivity contribution is 9.10. The maximum absolute atomic E-state index is 12.0. The van der Waals surface area contributed by atoms with E-state index < -0.39 is 11.9 Å². The monoisotopic (exact) mass is 377 g/mol. The second-order valence-corrected chi connectivity index (χ2v) is 5.71. The number of halogens is 1. The minimum atomic E-state index is -1.09. The number of nitrogens with one attached hydrogen (secondary N) is 1. The van der Waals surface area contributed by atoms with Crippen molar-refractivity contribution < 1.29 is 19.4 Å². The zero-order chi connectivity index (χ0) is 16.8. The van der Waals surface area contributed by atoms with E-state index in [4.69, 9.17) is 9.84 Å². The van der Waals surface area contributed by atoms with Gasteiger partial charge in [-0.15, -0.1) is 0 Å². The first kappa shape index (κ1) is 17.0. The summed E-state index contributed by atoms with van der Waals surface area (Å²) >= 11 is 3.39. The molecule has 0 aliphatic rings. The molecule has 2 rings (SSSR count). The van der Waals surface area contributed by atoms with Crippen molar-refractivity contribution in [3.63, 3.8) is 0 Å². The van der Waals surface area contributed by atoms with Crippen molar-refractivity contribution in [1.82, 2.24) is 0 Å². The van der Waals surface area contributed by atoms with Gasteiger partial charge in [-0.05, 0) is 42.3 Å². The lowest BCUT2D eigenvalue weighted by atomic mass is 10.1. The maximum Gasteiger partial charge on any atom is 0.337 e. The second-order valence-electron chi connectivity index (χ2n) is 4.79. The number of carbonyl (C=O) groups excluding carboxylic acids is 1. The smallest absolute Gasteiger partial charge is 0.337 e. The molecule has 1 amide bonds. The largest absolute Gasteiger partial charge is 0.483 e. The molecule has 0 spiro atoms. The molecule has 2 N–H and O–H groups in total. The van der Waals surface area contributed by atoms with E-state index in [9.17, 15) is 9.59 Å². The van der Waals surface area contributed by atoms with Crippen molar-refractivity contribution in [2.24, 2.45) is 0 Å². The molecule has 0 heterocycles. The molecule has 0 saturated carbocycles. The van der Waals surface area contributed by atoms with Crippen molar-refractivity contribution in [3.8, 4) is 5.75 Å². The van der Waals surface area contributed by atoms with Gasteiger partial charge >= 0.3 is 5.97 Å². The van der Waals surface area contributed by atoms with Gasteiger partial charge in [0.05, 0.1) is 11.3 Å². The fourth-order valence-electron chi connectivity index (χ4n) is 2.07. The molecule has 0 unspecified atom stereocenters. The molecular formula is C17H16BrNO4. The van der Waals surface area contributed by atoms with Crippen molar-refractivity contribution in [2.75, 3.05) is 11.9 Å². The van der Waals surface area contributed by atoms with Gasteiger partial charge in [0.25, 0.3) is 5.91 Å². The number of carboxylic acids is 1. The average Bonchev–Trinajstić information content (AvgIpc) is 2.53. The van der Waals surface area contributed by atoms with Crippen LogP contribution in [0.25, 0.3) is 0 Å². The first-order valence-electron chi connectivity index (χ1n) is 7.04. The van der Waals surface area contributed by atoms with E-state index in [2.05, 4.69) is 21.2 Å². The summed E-state index contributed by atoms with van der Waals surface area (Å²) in [6, 6.07) is 11.8. The standard InChI is InChI=1S/C17H16BrNO4/c1-2-11-9-12(18)7-8-15(11)23-10-16(20)19-14-6-4-3-5-13(14)17(21)22/h3-9H,2,10H2,1H3,(H,19,20)(H,21,22). The number of aromatic carboxylic acids is 1. The van der Waals surface area contributed by atoms with Crippen LogP contribution >= 0.6 is 15.9 Å². The van der Waals surface area contributed by atoms with Crippen molar-refractivity contribution in [1.29, 1.82) is 0 Å². The van der Waals surface area contributed by atoms with Crippen LogP contribution in [0.2, 0.25) is 0 Å². The van der Waals surface area contributed by atoms with Gasteiger partial charge in [-0.25, -0.2) is 4.79 Å². The number of ether oxygens (including phenoxy) is 1. The third-order valence-corrected chi connectivity index (χ3v) is 3.69. The SMILES string of the molecule is CCc1cc(Br)ccc1OCC(=O)Nc1ccccc1C(=O)O. The summed E-state index contributed by atoms with van der Waals surface area (Å²) in [4.78, 5) is 23.1. The van der Waals surface area contributed by atoms with Crippen LogP contribution < -0.4 is 10.1 Å². The number of benzene rings is 2. The highest BCUT2D eigenvalue weighted by Gasteiger charge is 2.12. The Morgan fingerprint density at radius 3 is 2.65 bits per heavy atom. The summed E-state index contributed by atoms with van der Waals surface area (Å²) in [7, 11) is 0. The number of carboxylic acid groups (broad SMARTS) is 1. The van der Waals surface area contributed by atoms with E-state index >= 15 is 0 Å². The Morgan fingerprint density at radius 2 is 1.96 bits per heavy atom. The molecule has 0 fully saturated rings. The summed E-state index contributed by atoms with van der Waals surface area (Å²) in [6.07, 6.45) is 0.776. The van der Waals surface area contributed by atoms with Crippen LogP contribution in [0.3, 0.4) is 0 Å². The minimum absolute atomic E-state index is 0.0405. The first-order valence-corrected chi connectivity index (χ1v) is 7.84. The molecule has 0 atom stereocenters. The third kappa shape index (κ3) is 4.56. The van der Waals surface area contributed by atoms with Crippen molar-refractivity contribution in [2.45, 2.75) is 13.3 Å². The highest BCUT2D eigenvalue weighted by atomic mass is 79.9. The fraction of sp³-hybridized carbons (Fsp3) is 0.176. The Kier molecular flexibility index (Phi) is 5.76. The van der Waals surface area contributed by atoms with Gasteiger partial charge in [0.2, 0.25) is 0 Å². The number of hydrogen-bond donors (Lipinski definition) is 2. The van der Waals surface area contributed by atoms with E-state index in [1.165, 1.54) is 6.07 Å². The first-order chi connectivity index (χ1) is 11.0. The molecule has 23 heavy (non-hydrogen) atoms. The normalized spacial score (nSPS) is 10.2. The van der Waals surface area contributed by atoms with E-state index in [0.29, 0.717) is 5.75 Å². The predicted octanol–water partition coefficient (Wildman–Crippen LogP) is 3.73. The topological polar surface area (TPSA) is 75.6 Å². The molecule has 2 aromatic carbocycles. The molecule has 0 radical (unpaired) electrons. The molecule has 120 valence electrons. The number of para-hydroxylation sites is 1. The Labute approximate surface area is 142 Å². The Bertz CT molecular complexity index is 730. The number of hydrogen-bond acceptors (Lipinski definition) is 3. The van der Waals surface area contributed by atoms with Crippen molar-refractivity contribution in [3.05, 3.63) is 58.1 Å². The van der Waals surface area contributed by atoms with Crippen LogP contribution in [0.15, 0.2) is 46.9 Å². The van der Waals surface area contributed by atoms with Crippen LogP contribution in [0, 0.1) is 0 Å². The average molecular weight is 378 g/mol. The van der Waals surface area contributed by atoms with Gasteiger partial charge < -0.3 is 15.2 Å². The van der Waals surface area contributed by atoms with Crippen LogP contribution in [-0.4, -0.2) is 23.6 Å². The molecule has 2 aromatic rings. The van der Waals surface area contributed by atoms with Crippen LogP contribution in [-0.2, 0) is 11.2 Å². The van der Waals surface area contributed by atoms with Crippen LogP contribution in [0.4, 0.5) is 5.69 Å². The van der Waals surface area contributed by atoms with E-state index in [1.54, 1.807) is 24.3 Å². The van der Waals surface area contributed by atoms with Gasteiger partial charge in [0.1, 0.15) is 5.75 Å². The van der Waals surface area contributed by atoms with Crippen LogP contribution in [0.1, 0.15) is 22.8 Å². The van der Waals surface area contributed by atoms with Gasteiger partial charge in [-0.2, -0.15) is 0 Å². The van der Waals surface area contributed by atoms with Gasteiger partial charge in [-0.3, -0.25) is 4.79 Å². The Morgan fingerprint density at radius 1 is 1.22 bits per heavy atom. The molecule has 0 bridgehead atoms. The lowest BCUT2D eigenvalue weighted by Crippen LogP contribution is -2.21. The zero-order valence-corrected chi connectivity index (χ0v) is 14.1. The summed E-state index contributed by atoms with van der Waals surface area (Å²) in [5.41, 5.74) is 1.27. The summed E-state index contributed by atoms with van der Waals surface area (Å²) in [6.45, 7) is 1.81. The molecular weight excluding hydrogens is 362 g/mol. The van der Waals surface area contributed by atoms with Gasteiger partial charge in [0.15, 0.2) is 6.61 Å². The van der Waals surface area contributed by atoms with E-state index in [0.717, 1.165) is 16.5 Å². The summed E-state index contributed by atoms with van der Waals surface area (Å²) < 4.78 is 6.48. The van der Waals surface area contributed by atoms with E-state index in [-0.39, 0.29) is 17.9 Å². The molecule has 6 heteroatoms. The molecule has 0 aliphatic heterocycles. The van der Waals surface area contributed by atoms with Gasteiger partial charge in [0, 0.05) is 4.47 Å². The Balaban J connectivity index is 2.03. The number of rotatable bonds is 6. The molecule has 0 aromatic heterocycles. The lowest BCUT2D eigenvalue weighted by molar-refractivity contribution is -0.118. The highest BCUT2D eigenvalue weighted by Crippen LogP contribution is 2.23. The van der Waals surface area contributed by atoms with Crippen LogP contribution in [0.5, 0.6) is 5.75 Å². The van der Waals surface area contributed by atoms with Crippen molar-refractivity contribution >= 4 is 33.5 Å². The third-order valence-electron chi connectivity index (χ3n) is 3.19. The number of aryl methyl sites for hydroxylation is 1. The number of amides is 1. The summed E-state index contributed by atoms with van der Waals surface area (Å²) in [5, 5.41) is 11.7. The number of carbonyl (C=O) groups is 2. The Hall–Kier alpha value is -2.34. The minimum Gasteiger partial charge on any atom is -0.483 e. The fourth-order valence-corrected chi connectivity index (χ4v) is 2.48.